The number of imide groups is 1. The van der Waals surface area contributed by atoms with Crippen molar-refractivity contribution < 1.29 is 19.1 Å². The molecule has 0 radical (unpaired) electrons. The van der Waals surface area contributed by atoms with Crippen LogP contribution in [0.15, 0.2) is 22.8 Å². The summed E-state index contributed by atoms with van der Waals surface area (Å²) in [5, 5.41) is 6.01. The molecule has 1 atom stereocenters. The topological polar surface area (TPSA) is 101 Å². The van der Waals surface area contributed by atoms with Crippen LogP contribution in [0.2, 0.25) is 0 Å². The maximum Gasteiger partial charge on any atom is 0.324 e. The highest BCUT2D eigenvalue weighted by Crippen LogP contribution is 2.27. The quantitative estimate of drug-likeness (QED) is 0.483. The van der Waals surface area contributed by atoms with E-state index >= 15 is 0 Å². The summed E-state index contributed by atoms with van der Waals surface area (Å²) in [4.78, 5) is 45.7. The van der Waals surface area contributed by atoms with Gasteiger partial charge in [-0.2, -0.15) is 0 Å². The number of ether oxygens (including phenoxy) is 1. The molecule has 0 spiro atoms. The average Bonchev–Trinajstić information content (AvgIpc) is 3.20. The van der Waals surface area contributed by atoms with Crippen LogP contribution in [0.25, 0.3) is 10.2 Å². The Labute approximate surface area is 145 Å². The van der Waals surface area contributed by atoms with Crippen molar-refractivity contribution in [3.05, 3.63) is 17.8 Å². The summed E-state index contributed by atoms with van der Waals surface area (Å²) >= 11 is 2.72. The number of nitrogens with zero attached hydrogens (tertiary/aromatic N) is 3. The van der Waals surface area contributed by atoms with Gasteiger partial charge in [0, 0.05) is 18.5 Å². The molecular formula is C14H14N4O4S2. The Balaban J connectivity index is 1.54. The molecule has 0 unspecified atom stereocenters. The van der Waals surface area contributed by atoms with E-state index in [2.05, 4.69) is 15.3 Å². The third kappa shape index (κ3) is 3.49. The van der Waals surface area contributed by atoms with E-state index in [1.165, 1.54) is 36.3 Å². The fourth-order valence-electron chi connectivity index (χ4n) is 2.19. The number of hydrogen-bond acceptors (Lipinski definition) is 8. The van der Waals surface area contributed by atoms with Crippen molar-refractivity contribution >= 4 is 51.2 Å². The molecule has 1 N–H and O–H groups in total. The average molecular weight is 366 g/mol. The van der Waals surface area contributed by atoms with Crippen molar-refractivity contribution in [3.63, 3.8) is 0 Å². The van der Waals surface area contributed by atoms with E-state index in [1.54, 1.807) is 0 Å². The third-order valence-electron chi connectivity index (χ3n) is 3.33. The molecule has 3 rings (SSSR count). The van der Waals surface area contributed by atoms with E-state index < -0.39 is 24.0 Å². The van der Waals surface area contributed by atoms with Crippen LogP contribution in [0.1, 0.15) is 6.92 Å². The van der Waals surface area contributed by atoms with Gasteiger partial charge in [-0.3, -0.25) is 14.5 Å². The van der Waals surface area contributed by atoms with Gasteiger partial charge in [-0.25, -0.2) is 14.8 Å². The van der Waals surface area contributed by atoms with E-state index in [1.807, 2.05) is 11.4 Å². The summed E-state index contributed by atoms with van der Waals surface area (Å²) in [6.45, 7) is 2.15. The van der Waals surface area contributed by atoms with Crippen LogP contribution < -0.4 is 5.32 Å². The number of thioether (sulfide) groups is 1. The van der Waals surface area contributed by atoms with Gasteiger partial charge in [0.25, 0.3) is 5.91 Å². The molecule has 24 heavy (non-hydrogen) atoms. The minimum atomic E-state index is -1.01. The molecule has 1 fully saturated rings. The summed E-state index contributed by atoms with van der Waals surface area (Å²) in [5.74, 6) is -1.04. The minimum Gasteiger partial charge on any atom is -0.452 e. The Hall–Kier alpha value is -2.20. The number of amides is 3. The predicted octanol–water partition coefficient (Wildman–Crippen LogP) is 1.27. The van der Waals surface area contributed by atoms with Gasteiger partial charge in [0.1, 0.15) is 16.2 Å². The first-order valence-corrected chi connectivity index (χ1v) is 9.02. The second-order valence-corrected chi connectivity index (χ2v) is 6.82. The van der Waals surface area contributed by atoms with Gasteiger partial charge in [0.15, 0.2) is 6.10 Å². The summed E-state index contributed by atoms with van der Waals surface area (Å²) in [6, 6.07) is 1.43. The smallest absolute Gasteiger partial charge is 0.324 e. The Kier molecular flexibility index (Phi) is 4.95. The number of nitrogens with one attached hydrogen (secondary N) is 1. The van der Waals surface area contributed by atoms with Crippen molar-refractivity contribution in [2.24, 2.45) is 0 Å². The van der Waals surface area contributed by atoms with Gasteiger partial charge in [-0.1, -0.05) is 11.8 Å². The number of carbonyl (C=O) groups is 3. The van der Waals surface area contributed by atoms with Gasteiger partial charge in [0.2, 0.25) is 0 Å². The number of hydrogen-bond donors (Lipinski definition) is 1. The number of carbonyl (C=O) groups excluding carboxylic acids is 3. The third-order valence-corrected chi connectivity index (χ3v) is 5.13. The Morgan fingerprint density at radius 3 is 3.08 bits per heavy atom. The largest absolute Gasteiger partial charge is 0.452 e. The molecular weight excluding hydrogens is 352 g/mol. The second-order valence-electron chi connectivity index (χ2n) is 4.96. The first-order chi connectivity index (χ1) is 11.6. The monoisotopic (exact) mass is 366 g/mol. The Morgan fingerprint density at radius 1 is 1.50 bits per heavy atom. The standard InChI is InChI=1S/C14H14N4O4S2/c1-8(13(20)18-4-3-15-14(18)21)22-10(19)6-24-12-9-2-5-23-11(9)16-7-17-12/h2,5,7-8H,3-4,6H2,1H3,(H,15,21)/t8-/m0/s1. The Bertz CT molecular complexity index is 794. The number of urea groups is 1. The van der Waals surface area contributed by atoms with Gasteiger partial charge < -0.3 is 10.1 Å². The zero-order chi connectivity index (χ0) is 17.1. The van der Waals surface area contributed by atoms with Gasteiger partial charge in [-0.15, -0.1) is 11.3 Å². The number of rotatable bonds is 5. The summed E-state index contributed by atoms with van der Waals surface area (Å²) in [7, 11) is 0. The highest BCUT2D eigenvalue weighted by molar-refractivity contribution is 8.00. The van der Waals surface area contributed by atoms with Crippen molar-refractivity contribution in [2.45, 2.75) is 18.1 Å². The molecule has 0 aromatic carbocycles. The van der Waals surface area contributed by atoms with Crippen LogP contribution >= 0.6 is 23.1 Å². The molecule has 8 nitrogen and oxygen atoms in total. The lowest BCUT2D eigenvalue weighted by molar-refractivity contribution is -0.155. The van der Waals surface area contributed by atoms with Crippen LogP contribution in [0.4, 0.5) is 4.79 Å². The van der Waals surface area contributed by atoms with E-state index in [9.17, 15) is 14.4 Å². The summed E-state index contributed by atoms with van der Waals surface area (Å²) in [6.07, 6.45) is 0.443. The maximum absolute atomic E-state index is 12.1. The zero-order valence-corrected chi connectivity index (χ0v) is 14.4. The normalized spacial score (nSPS) is 15.4. The summed E-state index contributed by atoms with van der Waals surface area (Å²) in [5.41, 5.74) is 0. The van der Waals surface area contributed by atoms with Crippen LogP contribution in [0, 0.1) is 0 Å². The predicted molar refractivity (Wildman–Crippen MR) is 88.8 cm³/mol. The molecule has 3 heterocycles. The minimum absolute atomic E-state index is 0.0196. The van der Waals surface area contributed by atoms with E-state index in [0.717, 1.165) is 15.1 Å². The molecule has 10 heteroatoms. The lowest BCUT2D eigenvalue weighted by Gasteiger charge is -2.18. The fraction of sp³-hybridized carbons (Fsp3) is 0.357. The van der Waals surface area contributed by atoms with Gasteiger partial charge in [-0.05, 0) is 18.4 Å². The maximum atomic E-state index is 12.1. The molecule has 126 valence electrons. The Morgan fingerprint density at radius 2 is 2.33 bits per heavy atom. The second kappa shape index (κ2) is 7.14. The van der Waals surface area contributed by atoms with E-state index in [4.69, 9.17) is 4.74 Å². The first kappa shape index (κ1) is 16.7. The lowest BCUT2D eigenvalue weighted by atomic mass is 10.3. The van der Waals surface area contributed by atoms with Crippen molar-refractivity contribution in [3.8, 4) is 0 Å². The molecule has 2 aromatic rings. The van der Waals surface area contributed by atoms with Crippen LogP contribution in [-0.2, 0) is 14.3 Å². The molecule has 1 aliphatic rings. The molecule has 0 bridgehead atoms. The first-order valence-electron chi connectivity index (χ1n) is 7.16. The van der Waals surface area contributed by atoms with Crippen LogP contribution in [0.5, 0.6) is 0 Å². The molecule has 1 saturated heterocycles. The van der Waals surface area contributed by atoms with Gasteiger partial charge >= 0.3 is 12.0 Å². The van der Waals surface area contributed by atoms with Crippen LogP contribution in [-0.4, -0.2) is 57.7 Å². The molecule has 0 aliphatic carbocycles. The number of fused-ring (bicyclic) bond motifs is 1. The molecule has 3 amide bonds. The lowest BCUT2D eigenvalue weighted by Crippen LogP contribution is -2.42. The van der Waals surface area contributed by atoms with E-state index in [-0.39, 0.29) is 12.3 Å². The highest BCUT2D eigenvalue weighted by atomic mass is 32.2. The SMILES string of the molecule is C[C@H](OC(=O)CSc1ncnc2sccc12)C(=O)N1CCNC1=O. The summed E-state index contributed by atoms with van der Waals surface area (Å²) < 4.78 is 5.12. The molecule has 1 aliphatic heterocycles. The number of aromatic nitrogens is 2. The number of esters is 1. The number of thiophene rings is 1. The van der Waals surface area contributed by atoms with E-state index in [0.29, 0.717) is 11.6 Å². The van der Waals surface area contributed by atoms with Crippen molar-refractivity contribution in [1.29, 1.82) is 0 Å². The zero-order valence-electron chi connectivity index (χ0n) is 12.7. The van der Waals surface area contributed by atoms with Crippen LogP contribution in [0.3, 0.4) is 0 Å². The fourth-order valence-corrected chi connectivity index (χ4v) is 3.75. The molecule has 2 aromatic heterocycles. The highest BCUT2D eigenvalue weighted by Gasteiger charge is 2.31. The van der Waals surface area contributed by atoms with Crippen molar-refractivity contribution in [1.82, 2.24) is 20.2 Å². The molecule has 0 saturated carbocycles. The van der Waals surface area contributed by atoms with Gasteiger partial charge in [0.05, 0.1) is 5.75 Å². The van der Waals surface area contributed by atoms with Crippen molar-refractivity contribution in [2.75, 3.05) is 18.8 Å².